The monoisotopic (exact) mass is 331 g/mol. The molecule has 140 valence electrons. The molecule has 0 aromatic rings. The Balaban J connectivity index is 0. The minimum atomic E-state index is -1.44. The first-order valence-electron chi connectivity index (χ1n) is 9.59. The third-order valence-corrected chi connectivity index (χ3v) is 3.87. The van der Waals surface area contributed by atoms with E-state index in [1.54, 1.807) is 4.90 Å². The standard InChI is InChI=1S/C16H35N.C3H6O3/c1-4-5-6-7-8-9-10-11-12-13-14-15-16-17(2)3;1-2(4)3(5)6/h4-16H2,1-3H3;2,4H,1H3,(H,5,6). The number of quaternary nitrogens is 1. The number of aliphatic carboxylic acids is 1. The molecule has 4 nitrogen and oxygen atoms in total. The van der Waals surface area contributed by atoms with Gasteiger partial charge in [0.1, 0.15) is 0 Å². The van der Waals surface area contributed by atoms with Crippen molar-refractivity contribution in [2.24, 2.45) is 0 Å². The number of carboxylic acids is 1. The van der Waals surface area contributed by atoms with Crippen molar-refractivity contribution in [3.63, 3.8) is 0 Å². The topological polar surface area (TPSA) is 64.8 Å². The third-order valence-electron chi connectivity index (χ3n) is 3.87. The van der Waals surface area contributed by atoms with E-state index in [2.05, 4.69) is 21.0 Å². The molecule has 0 fully saturated rings. The molecule has 0 aromatic carbocycles. The van der Waals surface area contributed by atoms with Crippen molar-refractivity contribution in [1.29, 1.82) is 0 Å². The fourth-order valence-electron chi connectivity index (χ4n) is 2.32. The van der Waals surface area contributed by atoms with Crippen LogP contribution in [0.3, 0.4) is 0 Å². The Labute approximate surface area is 144 Å². The predicted octanol–water partition coefficient (Wildman–Crippen LogP) is 1.95. The van der Waals surface area contributed by atoms with Gasteiger partial charge in [0.15, 0.2) is 0 Å². The van der Waals surface area contributed by atoms with E-state index in [1.165, 1.54) is 83.6 Å². The average molecular weight is 332 g/mol. The molecule has 0 radical (unpaired) electrons. The van der Waals surface area contributed by atoms with Gasteiger partial charge >= 0.3 is 0 Å². The molecule has 0 heterocycles. The van der Waals surface area contributed by atoms with Crippen LogP contribution in [0.4, 0.5) is 0 Å². The lowest BCUT2D eigenvalue weighted by Gasteiger charge is -2.06. The summed E-state index contributed by atoms with van der Waals surface area (Å²) in [6.45, 7) is 4.77. The van der Waals surface area contributed by atoms with Gasteiger partial charge in [-0.3, -0.25) is 0 Å². The first kappa shape index (κ1) is 24.6. The summed E-state index contributed by atoms with van der Waals surface area (Å²) < 4.78 is 0. The summed E-state index contributed by atoms with van der Waals surface area (Å²) in [6, 6.07) is 0. The highest BCUT2D eigenvalue weighted by molar-refractivity contribution is 5.68. The fourth-order valence-corrected chi connectivity index (χ4v) is 2.32. The molecule has 0 spiro atoms. The lowest BCUT2D eigenvalue weighted by molar-refractivity contribution is -0.858. The molecule has 0 aliphatic heterocycles. The van der Waals surface area contributed by atoms with Crippen molar-refractivity contribution >= 4 is 5.97 Å². The number of hydrogen-bond acceptors (Lipinski definition) is 3. The summed E-state index contributed by atoms with van der Waals surface area (Å²) >= 11 is 0. The second-order valence-electron chi connectivity index (χ2n) is 6.84. The van der Waals surface area contributed by atoms with Crippen molar-refractivity contribution in [3.8, 4) is 0 Å². The molecule has 0 rings (SSSR count). The molecule has 0 aliphatic carbocycles. The van der Waals surface area contributed by atoms with Gasteiger partial charge in [-0.2, -0.15) is 0 Å². The van der Waals surface area contributed by atoms with Gasteiger partial charge in [-0.1, -0.05) is 71.1 Å². The zero-order chi connectivity index (χ0) is 17.9. The second kappa shape index (κ2) is 19.4. The zero-order valence-electron chi connectivity index (χ0n) is 16.0. The van der Waals surface area contributed by atoms with Gasteiger partial charge < -0.3 is 19.9 Å². The molecule has 0 aromatic heterocycles. The van der Waals surface area contributed by atoms with Crippen molar-refractivity contribution in [3.05, 3.63) is 0 Å². The first-order valence-corrected chi connectivity index (χ1v) is 9.59. The number of carboxylic acid groups (broad SMARTS) is 1. The third kappa shape index (κ3) is 26.6. The highest BCUT2D eigenvalue weighted by Gasteiger charge is 1.95. The van der Waals surface area contributed by atoms with Crippen LogP contribution in [0.2, 0.25) is 0 Å². The molecule has 0 saturated heterocycles. The Morgan fingerprint density at radius 3 is 1.43 bits per heavy atom. The Kier molecular flexibility index (Phi) is 20.8. The van der Waals surface area contributed by atoms with Gasteiger partial charge in [0.25, 0.3) is 0 Å². The van der Waals surface area contributed by atoms with E-state index in [9.17, 15) is 9.90 Å². The summed E-state index contributed by atoms with van der Waals surface area (Å²) in [6.07, 6.45) is 16.1. The van der Waals surface area contributed by atoms with Crippen molar-refractivity contribution in [2.45, 2.75) is 97.0 Å². The maximum atomic E-state index is 9.34. The van der Waals surface area contributed by atoms with E-state index in [0.29, 0.717) is 0 Å². The molecule has 0 bridgehead atoms. The Bertz CT molecular complexity index is 243. The fraction of sp³-hybridized carbons (Fsp3) is 0.947. The number of aliphatic hydroxyl groups excluding tert-OH is 1. The number of hydrogen-bond donors (Lipinski definition) is 2. The highest BCUT2D eigenvalue weighted by atomic mass is 16.4. The van der Waals surface area contributed by atoms with Crippen molar-refractivity contribution in [1.82, 2.24) is 0 Å². The first-order chi connectivity index (χ1) is 10.9. The Morgan fingerprint density at radius 2 is 1.17 bits per heavy atom. The summed E-state index contributed by atoms with van der Waals surface area (Å²) in [5.41, 5.74) is 0. The van der Waals surface area contributed by atoms with Crippen LogP contribution in [0, 0.1) is 0 Å². The van der Waals surface area contributed by atoms with Crippen LogP contribution in [0.25, 0.3) is 0 Å². The minimum Gasteiger partial charge on any atom is -0.547 e. The van der Waals surface area contributed by atoms with E-state index < -0.39 is 12.1 Å². The number of carbonyl (C=O) groups is 1. The number of unbranched alkanes of at least 4 members (excludes halogenated alkanes) is 11. The normalized spacial score (nSPS) is 11.9. The number of rotatable bonds is 14. The van der Waals surface area contributed by atoms with Gasteiger partial charge in [-0.15, -0.1) is 0 Å². The number of carbonyl (C=O) groups excluding carboxylic acids is 1. The van der Waals surface area contributed by atoms with E-state index >= 15 is 0 Å². The zero-order valence-corrected chi connectivity index (χ0v) is 16.0. The van der Waals surface area contributed by atoms with Gasteiger partial charge in [-0.25, -0.2) is 0 Å². The molecular weight excluding hydrogens is 290 g/mol. The summed E-state index contributed by atoms with van der Waals surface area (Å²) in [5, 5.41) is 17.3. The van der Waals surface area contributed by atoms with Crippen LogP contribution in [-0.4, -0.2) is 37.8 Å². The quantitative estimate of drug-likeness (QED) is 0.478. The molecule has 2 N–H and O–H groups in total. The molecule has 23 heavy (non-hydrogen) atoms. The summed E-state index contributed by atoms with van der Waals surface area (Å²) in [4.78, 5) is 10.9. The second-order valence-corrected chi connectivity index (χ2v) is 6.84. The van der Waals surface area contributed by atoms with Crippen molar-refractivity contribution in [2.75, 3.05) is 20.6 Å². The van der Waals surface area contributed by atoms with Crippen LogP contribution in [-0.2, 0) is 4.79 Å². The molecule has 1 unspecified atom stereocenters. The molecule has 0 aliphatic rings. The average Bonchev–Trinajstić information content (AvgIpc) is 2.48. The van der Waals surface area contributed by atoms with Gasteiger partial charge in [0.05, 0.1) is 32.7 Å². The number of aliphatic hydroxyl groups is 1. The van der Waals surface area contributed by atoms with Gasteiger partial charge in [0, 0.05) is 0 Å². The number of nitrogens with one attached hydrogen (secondary N) is 1. The highest BCUT2D eigenvalue weighted by Crippen LogP contribution is 2.11. The van der Waals surface area contributed by atoms with Gasteiger partial charge in [0.2, 0.25) is 0 Å². The molecule has 0 amide bonds. The Hall–Kier alpha value is -0.610. The summed E-state index contributed by atoms with van der Waals surface area (Å²) in [7, 11) is 4.50. The van der Waals surface area contributed by atoms with E-state index in [4.69, 9.17) is 5.11 Å². The maximum Gasteiger partial charge on any atom is 0.0905 e. The lowest BCUT2D eigenvalue weighted by atomic mass is 10.1. The SMILES string of the molecule is CC(O)C(=O)[O-].CCCCCCCCCCCCCC[NH+](C)C. The van der Waals surface area contributed by atoms with Gasteiger partial charge in [-0.05, 0) is 19.8 Å². The van der Waals surface area contributed by atoms with E-state index in [1.807, 2.05) is 0 Å². The molecule has 1 atom stereocenters. The largest absolute Gasteiger partial charge is 0.547 e. The lowest BCUT2D eigenvalue weighted by Crippen LogP contribution is -3.05. The van der Waals surface area contributed by atoms with Crippen LogP contribution >= 0.6 is 0 Å². The van der Waals surface area contributed by atoms with Crippen LogP contribution in [0.5, 0.6) is 0 Å². The predicted molar refractivity (Wildman–Crippen MR) is 95.4 cm³/mol. The van der Waals surface area contributed by atoms with Crippen molar-refractivity contribution < 1.29 is 19.9 Å². The van der Waals surface area contributed by atoms with Crippen LogP contribution in [0.15, 0.2) is 0 Å². The molecule has 4 heteroatoms. The minimum absolute atomic E-state index is 1.13. The molecular formula is C19H41NO3. The van der Waals surface area contributed by atoms with E-state index in [0.717, 1.165) is 6.92 Å². The molecule has 0 saturated carbocycles. The van der Waals surface area contributed by atoms with E-state index in [-0.39, 0.29) is 0 Å². The maximum absolute atomic E-state index is 9.34. The van der Waals surface area contributed by atoms with Crippen LogP contribution in [0.1, 0.15) is 90.9 Å². The smallest absolute Gasteiger partial charge is 0.0905 e. The van der Waals surface area contributed by atoms with Crippen LogP contribution < -0.4 is 10.0 Å². The summed E-state index contributed by atoms with van der Waals surface area (Å²) in [5.74, 6) is -1.44. The Morgan fingerprint density at radius 1 is 0.870 bits per heavy atom.